The maximum Gasteiger partial charge on any atom is 0.325 e. The number of urea groups is 1. The van der Waals surface area contributed by atoms with Gasteiger partial charge in [-0.3, -0.25) is 14.5 Å². The normalized spacial score (nSPS) is 23.4. The largest absolute Gasteiger partial charge is 0.339 e. The third-order valence-electron chi connectivity index (χ3n) is 5.75. The molecule has 7 nitrogen and oxygen atoms in total. The lowest BCUT2D eigenvalue weighted by molar-refractivity contribution is -0.139. The minimum atomic E-state index is -1.18. The van der Waals surface area contributed by atoms with Crippen molar-refractivity contribution in [3.05, 3.63) is 48.0 Å². The predicted octanol–water partition coefficient (Wildman–Crippen LogP) is 1.38. The number of nitrogens with zero attached hydrogens (tertiary/aromatic N) is 3. The number of hydrogen-bond acceptors (Lipinski definition) is 4. The van der Waals surface area contributed by atoms with Crippen LogP contribution in [0.1, 0.15) is 12.5 Å². The van der Waals surface area contributed by atoms with E-state index in [0.29, 0.717) is 18.7 Å². The zero-order chi connectivity index (χ0) is 19.9. The molecule has 1 N–H and O–H groups in total. The summed E-state index contributed by atoms with van der Waals surface area (Å²) in [6.45, 7) is 4.28. The molecule has 146 valence electrons. The van der Waals surface area contributed by atoms with Crippen LogP contribution in [0.5, 0.6) is 0 Å². The molecule has 0 spiro atoms. The average Bonchev–Trinajstić information content (AvgIpc) is 2.92. The predicted molar refractivity (Wildman–Crippen MR) is 106 cm³/mol. The van der Waals surface area contributed by atoms with Gasteiger partial charge in [0.25, 0.3) is 5.91 Å². The lowest BCUT2D eigenvalue weighted by Crippen LogP contribution is -2.51. The monoisotopic (exact) mass is 380 g/mol. The Hall–Kier alpha value is -2.93. The minimum Gasteiger partial charge on any atom is -0.339 e. The molecular formula is C21H24N4O3. The molecule has 0 radical (unpaired) electrons. The molecule has 2 aliphatic rings. The molecule has 0 saturated carbocycles. The van der Waals surface area contributed by atoms with Crippen LogP contribution in [0.2, 0.25) is 0 Å². The van der Waals surface area contributed by atoms with Crippen LogP contribution >= 0.6 is 0 Å². The highest BCUT2D eigenvalue weighted by Crippen LogP contribution is 2.31. The standard InChI is InChI=1S/C21H24N4O3/c1-21(17-8-7-15-5-3-4-6-16(15)13-17)19(27)25(20(28)22-21)14-18(26)24-11-9-23(2)10-12-24/h3-8,13H,9-12,14H2,1-2H3,(H,22,28)/t21-/m1/s1. The number of imide groups is 1. The van der Waals surface area contributed by atoms with E-state index >= 15 is 0 Å². The summed E-state index contributed by atoms with van der Waals surface area (Å²) in [5.41, 5.74) is -0.470. The molecule has 2 fully saturated rings. The highest BCUT2D eigenvalue weighted by atomic mass is 16.2. The second-order valence-corrected chi connectivity index (χ2v) is 7.69. The molecule has 2 saturated heterocycles. The van der Waals surface area contributed by atoms with Crippen LogP contribution in [0.4, 0.5) is 4.79 Å². The molecule has 4 rings (SSSR count). The third-order valence-corrected chi connectivity index (χ3v) is 5.75. The first-order valence-corrected chi connectivity index (χ1v) is 9.48. The van der Waals surface area contributed by atoms with E-state index in [1.807, 2.05) is 49.5 Å². The molecule has 28 heavy (non-hydrogen) atoms. The molecule has 0 unspecified atom stereocenters. The van der Waals surface area contributed by atoms with Crippen molar-refractivity contribution in [2.75, 3.05) is 39.8 Å². The first-order valence-electron chi connectivity index (χ1n) is 9.48. The fourth-order valence-corrected chi connectivity index (χ4v) is 3.83. The number of likely N-dealkylation sites (N-methyl/N-ethyl adjacent to an activating group) is 1. The van der Waals surface area contributed by atoms with Crippen LogP contribution in [-0.4, -0.2) is 72.3 Å². The van der Waals surface area contributed by atoms with E-state index in [-0.39, 0.29) is 12.5 Å². The quantitative estimate of drug-likeness (QED) is 0.817. The van der Waals surface area contributed by atoms with E-state index < -0.39 is 17.5 Å². The maximum absolute atomic E-state index is 13.1. The number of nitrogens with one attached hydrogen (secondary N) is 1. The van der Waals surface area contributed by atoms with Gasteiger partial charge in [0.05, 0.1) is 0 Å². The molecule has 2 heterocycles. The second kappa shape index (κ2) is 6.91. The SMILES string of the molecule is CN1CCN(C(=O)CN2C(=O)N[C@](C)(c3ccc4ccccc4c3)C2=O)CC1. The highest BCUT2D eigenvalue weighted by molar-refractivity contribution is 6.09. The van der Waals surface area contributed by atoms with Crippen LogP contribution in [0.3, 0.4) is 0 Å². The van der Waals surface area contributed by atoms with Gasteiger partial charge in [0.15, 0.2) is 0 Å². The van der Waals surface area contributed by atoms with Crippen LogP contribution in [0.15, 0.2) is 42.5 Å². The maximum atomic E-state index is 13.1. The molecule has 0 aliphatic carbocycles. The van der Waals surface area contributed by atoms with Crippen LogP contribution in [0, 0.1) is 0 Å². The van der Waals surface area contributed by atoms with Crippen molar-refractivity contribution in [3.8, 4) is 0 Å². The van der Waals surface area contributed by atoms with Gasteiger partial charge in [0.2, 0.25) is 5.91 Å². The fourth-order valence-electron chi connectivity index (χ4n) is 3.83. The number of rotatable bonds is 3. The summed E-state index contributed by atoms with van der Waals surface area (Å²) in [5.74, 6) is -0.588. The number of hydrogen-bond donors (Lipinski definition) is 1. The Morgan fingerprint density at radius 3 is 2.43 bits per heavy atom. The Labute approximate surface area is 163 Å². The van der Waals surface area contributed by atoms with Crippen molar-refractivity contribution >= 4 is 28.6 Å². The van der Waals surface area contributed by atoms with Crippen LogP contribution in [0.25, 0.3) is 10.8 Å². The first-order chi connectivity index (χ1) is 13.4. The Bertz CT molecular complexity index is 952. The Kier molecular flexibility index (Phi) is 4.55. The molecule has 2 aliphatic heterocycles. The molecule has 4 amide bonds. The van der Waals surface area contributed by atoms with Crippen molar-refractivity contribution in [1.82, 2.24) is 20.0 Å². The summed E-state index contributed by atoms with van der Waals surface area (Å²) < 4.78 is 0. The average molecular weight is 380 g/mol. The lowest BCUT2D eigenvalue weighted by Gasteiger charge is -2.33. The van der Waals surface area contributed by atoms with E-state index in [1.54, 1.807) is 11.8 Å². The molecule has 2 aromatic rings. The van der Waals surface area contributed by atoms with Crippen molar-refractivity contribution in [2.24, 2.45) is 0 Å². The van der Waals surface area contributed by atoms with E-state index in [2.05, 4.69) is 10.2 Å². The fraction of sp³-hybridized carbons (Fsp3) is 0.381. The smallest absolute Gasteiger partial charge is 0.325 e. The number of carbonyl (C=O) groups is 3. The van der Waals surface area contributed by atoms with Gasteiger partial charge in [0, 0.05) is 26.2 Å². The summed E-state index contributed by atoms with van der Waals surface area (Å²) in [7, 11) is 2.01. The third kappa shape index (κ3) is 3.11. The molecule has 7 heteroatoms. The zero-order valence-electron chi connectivity index (χ0n) is 16.1. The summed E-state index contributed by atoms with van der Waals surface area (Å²) >= 11 is 0. The molecule has 0 bridgehead atoms. The van der Waals surface area contributed by atoms with Gasteiger partial charge in [-0.15, -0.1) is 0 Å². The van der Waals surface area contributed by atoms with Crippen molar-refractivity contribution in [1.29, 1.82) is 0 Å². The Morgan fingerprint density at radius 2 is 1.71 bits per heavy atom. The summed E-state index contributed by atoms with van der Waals surface area (Å²) in [6, 6.07) is 13.0. The summed E-state index contributed by atoms with van der Waals surface area (Å²) in [6.07, 6.45) is 0. The van der Waals surface area contributed by atoms with Gasteiger partial charge in [-0.2, -0.15) is 0 Å². The van der Waals surface area contributed by atoms with Gasteiger partial charge in [-0.05, 0) is 36.4 Å². The van der Waals surface area contributed by atoms with Crippen molar-refractivity contribution in [2.45, 2.75) is 12.5 Å². The number of carbonyl (C=O) groups excluding carboxylic acids is 3. The summed E-state index contributed by atoms with van der Waals surface area (Å²) in [5, 5.41) is 4.84. The lowest BCUT2D eigenvalue weighted by atomic mass is 9.90. The van der Waals surface area contributed by atoms with Gasteiger partial charge in [0.1, 0.15) is 12.1 Å². The van der Waals surface area contributed by atoms with Gasteiger partial charge in [-0.1, -0.05) is 36.4 Å². The first kappa shape index (κ1) is 18.4. The minimum absolute atomic E-state index is 0.195. The van der Waals surface area contributed by atoms with E-state index in [9.17, 15) is 14.4 Å². The van der Waals surface area contributed by atoms with Crippen LogP contribution in [-0.2, 0) is 15.1 Å². The zero-order valence-corrected chi connectivity index (χ0v) is 16.1. The molecule has 2 aromatic carbocycles. The van der Waals surface area contributed by atoms with Crippen molar-refractivity contribution < 1.29 is 14.4 Å². The molecule has 1 atom stereocenters. The number of fused-ring (bicyclic) bond motifs is 1. The number of amides is 4. The van der Waals surface area contributed by atoms with E-state index in [0.717, 1.165) is 28.8 Å². The van der Waals surface area contributed by atoms with Gasteiger partial charge in [-0.25, -0.2) is 4.79 Å². The molecule has 0 aromatic heterocycles. The molecular weight excluding hydrogens is 356 g/mol. The van der Waals surface area contributed by atoms with Crippen LogP contribution < -0.4 is 5.32 Å². The van der Waals surface area contributed by atoms with Crippen molar-refractivity contribution in [3.63, 3.8) is 0 Å². The van der Waals surface area contributed by atoms with E-state index in [1.165, 1.54) is 0 Å². The number of benzene rings is 2. The number of piperazine rings is 1. The topological polar surface area (TPSA) is 73.0 Å². The second-order valence-electron chi connectivity index (χ2n) is 7.69. The van der Waals surface area contributed by atoms with Gasteiger partial charge < -0.3 is 15.1 Å². The summed E-state index contributed by atoms with van der Waals surface area (Å²) in [4.78, 5) is 43.1. The Balaban J connectivity index is 1.54. The Morgan fingerprint density at radius 1 is 1.04 bits per heavy atom. The van der Waals surface area contributed by atoms with E-state index in [4.69, 9.17) is 0 Å². The highest BCUT2D eigenvalue weighted by Gasteiger charge is 2.49. The van der Waals surface area contributed by atoms with Gasteiger partial charge >= 0.3 is 6.03 Å².